The van der Waals surface area contributed by atoms with Crippen LogP contribution in [0.25, 0.3) is 11.1 Å². The van der Waals surface area contributed by atoms with E-state index in [-0.39, 0.29) is 11.5 Å². The number of esters is 1. The Hall–Kier alpha value is -3.47. The number of rotatable bonds is 5. The fraction of sp³-hybridized carbons (Fsp3) is 0.174. The summed E-state index contributed by atoms with van der Waals surface area (Å²) in [5.41, 5.74) is 2.41. The van der Waals surface area contributed by atoms with Gasteiger partial charge >= 0.3 is 5.97 Å². The number of hydrogen-bond acceptors (Lipinski definition) is 4. The molecule has 28 heavy (non-hydrogen) atoms. The van der Waals surface area contributed by atoms with Gasteiger partial charge in [0.15, 0.2) is 0 Å². The van der Waals surface area contributed by atoms with Crippen LogP contribution in [0.3, 0.4) is 0 Å². The van der Waals surface area contributed by atoms with Gasteiger partial charge in [-0.1, -0.05) is 72.8 Å². The minimum Gasteiger partial charge on any atom is -0.426 e. The van der Waals surface area contributed by atoms with Gasteiger partial charge in [-0.25, -0.2) is 0 Å². The van der Waals surface area contributed by atoms with E-state index in [9.17, 15) is 14.9 Å². The summed E-state index contributed by atoms with van der Waals surface area (Å²) in [6, 6.07) is 24.7. The molecular weight excluding hydrogens is 354 g/mol. The topological polar surface area (TPSA) is 69.4 Å². The summed E-state index contributed by atoms with van der Waals surface area (Å²) < 4.78 is 5.44. The highest BCUT2D eigenvalue weighted by molar-refractivity contribution is 5.91. The Balaban J connectivity index is 1.77. The number of carbonyl (C=O) groups excluding carboxylic acids is 1. The molecule has 0 radical (unpaired) electrons. The standard InChI is InChI=1S/C23H19NO4/c1-23(19-9-5-6-10-21(19)28-22(23)25)20(15-24(26)27)18-13-11-17(12-14-18)16-7-3-2-4-8-16/h2-14,20H,15H2,1H3/t20-,23+/m1/s1. The molecule has 140 valence electrons. The molecule has 0 N–H and O–H groups in total. The van der Waals surface area contributed by atoms with E-state index in [1.807, 2.05) is 66.7 Å². The van der Waals surface area contributed by atoms with Gasteiger partial charge in [0.1, 0.15) is 11.2 Å². The van der Waals surface area contributed by atoms with Crippen LogP contribution in [0.15, 0.2) is 78.9 Å². The van der Waals surface area contributed by atoms with Crippen molar-refractivity contribution in [3.8, 4) is 16.9 Å². The van der Waals surface area contributed by atoms with Crippen LogP contribution < -0.4 is 4.74 Å². The number of carbonyl (C=O) groups is 1. The average Bonchev–Trinajstić information content (AvgIpc) is 2.98. The maximum atomic E-state index is 12.8. The predicted octanol–water partition coefficient (Wildman–Crippen LogP) is 4.59. The van der Waals surface area contributed by atoms with Crippen LogP contribution in [0, 0.1) is 10.1 Å². The van der Waals surface area contributed by atoms with Crippen molar-refractivity contribution >= 4 is 5.97 Å². The highest BCUT2D eigenvalue weighted by Crippen LogP contribution is 2.48. The fourth-order valence-corrected chi connectivity index (χ4v) is 3.94. The van der Waals surface area contributed by atoms with Gasteiger partial charge in [-0.05, 0) is 29.7 Å². The summed E-state index contributed by atoms with van der Waals surface area (Å²) in [6.07, 6.45) is 0. The maximum absolute atomic E-state index is 12.8. The summed E-state index contributed by atoms with van der Waals surface area (Å²) in [5, 5.41) is 11.4. The fourth-order valence-electron chi connectivity index (χ4n) is 3.94. The lowest BCUT2D eigenvalue weighted by Crippen LogP contribution is -2.40. The summed E-state index contributed by atoms with van der Waals surface area (Å²) in [7, 11) is 0. The number of nitro groups is 1. The van der Waals surface area contributed by atoms with Crippen LogP contribution in [-0.4, -0.2) is 17.4 Å². The molecule has 5 heteroatoms. The van der Waals surface area contributed by atoms with Gasteiger partial charge in [0.05, 0.1) is 5.92 Å². The van der Waals surface area contributed by atoms with Crippen LogP contribution >= 0.6 is 0 Å². The molecule has 5 nitrogen and oxygen atoms in total. The van der Waals surface area contributed by atoms with Crippen molar-refractivity contribution in [1.29, 1.82) is 0 Å². The summed E-state index contributed by atoms with van der Waals surface area (Å²) >= 11 is 0. The van der Waals surface area contributed by atoms with Crippen LogP contribution in [0.1, 0.15) is 24.0 Å². The molecule has 3 aromatic carbocycles. The number of fused-ring (bicyclic) bond motifs is 1. The van der Waals surface area contributed by atoms with Crippen LogP contribution in [0.5, 0.6) is 5.75 Å². The van der Waals surface area contributed by atoms with Crippen LogP contribution in [0.2, 0.25) is 0 Å². The van der Waals surface area contributed by atoms with E-state index in [4.69, 9.17) is 4.74 Å². The van der Waals surface area contributed by atoms with Crippen molar-refractivity contribution in [1.82, 2.24) is 0 Å². The molecule has 0 amide bonds. The highest BCUT2D eigenvalue weighted by atomic mass is 16.6. The summed E-state index contributed by atoms with van der Waals surface area (Å²) in [4.78, 5) is 23.9. The molecule has 0 unspecified atom stereocenters. The third kappa shape index (κ3) is 2.95. The molecule has 0 aromatic heterocycles. The first-order valence-corrected chi connectivity index (χ1v) is 9.09. The van der Waals surface area contributed by atoms with Crippen molar-refractivity contribution in [2.24, 2.45) is 0 Å². The van der Waals surface area contributed by atoms with Crippen LogP contribution in [0.4, 0.5) is 0 Å². The Bertz CT molecular complexity index is 1030. The van der Waals surface area contributed by atoms with Crippen molar-refractivity contribution in [2.45, 2.75) is 18.3 Å². The molecular formula is C23H19NO4. The van der Waals surface area contributed by atoms with E-state index in [0.29, 0.717) is 11.3 Å². The summed E-state index contributed by atoms with van der Waals surface area (Å²) in [5.74, 6) is -0.611. The van der Waals surface area contributed by atoms with Crippen LogP contribution in [-0.2, 0) is 10.2 Å². The molecule has 2 atom stereocenters. The van der Waals surface area contributed by atoms with Crippen molar-refractivity contribution in [3.63, 3.8) is 0 Å². The van der Waals surface area contributed by atoms with Gasteiger partial charge in [-0.2, -0.15) is 0 Å². The minimum absolute atomic E-state index is 0.357. The first-order valence-electron chi connectivity index (χ1n) is 9.09. The molecule has 0 aliphatic carbocycles. The third-order valence-electron chi connectivity index (χ3n) is 5.52. The number of nitrogens with zero attached hydrogens (tertiary/aromatic N) is 1. The predicted molar refractivity (Wildman–Crippen MR) is 106 cm³/mol. The van der Waals surface area contributed by atoms with E-state index in [1.54, 1.807) is 19.1 Å². The monoisotopic (exact) mass is 373 g/mol. The summed E-state index contributed by atoms with van der Waals surface area (Å²) in [6.45, 7) is 1.38. The second-order valence-electron chi connectivity index (χ2n) is 7.14. The smallest absolute Gasteiger partial charge is 0.322 e. The molecule has 3 aromatic rings. The molecule has 4 rings (SSSR count). The molecule has 0 fully saturated rings. The van der Waals surface area contributed by atoms with Gasteiger partial charge in [0.25, 0.3) is 0 Å². The first kappa shape index (κ1) is 17.9. The van der Waals surface area contributed by atoms with Crippen molar-refractivity contribution < 1.29 is 14.5 Å². The largest absolute Gasteiger partial charge is 0.426 e. The second-order valence-corrected chi connectivity index (χ2v) is 7.14. The van der Waals surface area contributed by atoms with Crippen molar-refractivity contribution in [2.75, 3.05) is 6.54 Å². The van der Waals surface area contributed by atoms with Gasteiger partial charge in [-0.15, -0.1) is 0 Å². The Morgan fingerprint density at radius 2 is 1.54 bits per heavy atom. The SMILES string of the molecule is C[C@]1([C@H](C[N+](=O)[O-])c2ccc(-c3ccccc3)cc2)C(=O)Oc2ccccc21. The van der Waals surface area contributed by atoms with E-state index in [2.05, 4.69) is 0 Å². The van der Waals surface area contributed by atoms with E-state index < -0.39 is 17.3 Å². The Morgan fingerprint density at radius 3 is 2.21 bits per heavy atom. The molecule has 1 heterocycles. The Morgan fingerprint density at radius 1 is 0.929 bits per heavy atom. The van der Waals surface area contributed by atoms with E-state index >= 15 is 0 Å². The Labute approximate surface area is 162 Å². The van der Waals surface area contributed by atoms with Gasteiger partial charge < -0.3 is 4.74 Å². The van der Waals surface area contributed by atoms with E-state index in [0.717, 1.165) is 16.7 Å². The molecule has 1 aliphatic heterocycles. The molecule has 0 saturated carbocycles. The van der Waals surface area contributed by atoms with Gasteiger partial charge in [0.2, 0.25) is 6.54 Å². The lowest BCUT2D eigenvalue weighted by atomic mass is 9.69. The lowest BCUT2D eigenvalue weighted by Gasteiger charge is -2.29. The molecule has 0 spiro atoms. The highest BCUT2D eigenvalue weighted by Gasteiger charge is 2.53. The zero-order valence-electron chi connectivity index (χ0n) is 15.4. The molecule has 1 aliphatic rings. The molecule has 0 saturated heterocycles. The van der Waals surface area contributed by atoms with E-state index in [1.165, 1.54) is 0 Å². The quantitative estimate of drug-likeness (QED) is 0.284. The number of hydrogen-bond donors (Lipinski definition) is 0. The zero-order chi connectivity index (χ0) is 19.7. The Kier molecular flexibility index (Phi) is 4.43. The normalized spacial score (nSPS) is 19.0. The third-order valence-corrected chi connectivity index (χ3v) is 5.52. The van der Waals surface area contributed by atoms with Gasteiger partial charge in [-0.3, -0.25) is 14.9 Å². The number of para-hydroxylation sites is 1. The second kappa shape index (κ2) is 6.93. The minimum atomic E-state index is -1.11. The molecule has 0 bridgehead atoms. The number of ether oxygens (including phenoxy) is 1. The van der Waals surface area contributed by atoms with Crippen molar-refractivity contribution in [3.05, 3.63) is 100 Å². The zero-order valence-corrected chi connectivity index (χ0v) is 15.4. The first-order chi connectivity index (χ1) is 13.5. The average molecular weight is 373 g/mol. The number of benzene rings is 3. The lowest BCUT2D eigenvalue weighted by molar-refractivity contribution is -0.484. The van der Waals surface area contributed by atoms with Gasteiger partial charge in [0, 0.05) is 10.5 Å². The maximum Gasteiger partial charge on any atom is 0.322 e.